The molecule has 0 bridgehead atoms. The third kappa shape index (κ3) is 2.68. The molecular weight excluding hydrogens is 266 g/mol. The highest BCUT2D eigenvalue weighted by Crippen LogP contribution is 2.35. The van der Waals surface area contributed by atoms with Gasteiger partial charge in [-0.2, -0.15) is 0 Å². The number of aromatic carboxylic acids is 1. The van der Waals surface area contributed by atoms with Gasteiger partial charge in [0.1, 0.15) is 0 Å². The summed E-state index contributed by atoms with van der Waals surface area (Å²) in [5.41, 5.74) is 1.48. The molecule has 0 amide bonds. The molecule has 3 rings (SSSR count). The van der Waals surface area contributed by atoms with Crippen molar-refractivity contribution in [2.45, 2.75) is 32.7 Å². The lowest BCUT2D eigenvalue weighted by molar-refractivity contribution is 0.0690. The molecule has 0 unspecified atom stereocenters. The van der Waals surface area contributed by atoms with Gasteiger partial charge in [0, 0.05) is 18.0 Å². The smallest absolute Gasteiger partial charge is 0.358 e. The van der Waals surface area contributed by atoms with Gasteiger partial charge in [-0.1, -0.05) is 18.2 Å². The largest absolute Gasteiger partial charge is 0.476 e. The number of aromatic nitrogens is 2. The lowest BCUT2D eigenvalue weighted by Crippen LogP contribution is -2.34. The van der Waals surface area contributed by atoms with Crippen molar-refractivity contribution in [1.82, 2.24) is 10.2 Å². The molecule has 1 heterocycles. The number of rotatable bonds is 5. The molecule has 1 N–H and O–H groups in total. The Hall–Kier alpha value is -2.17. The average molecular weight is 285 g/mol. The maximum Gasteiger partial charge on any atom is 0.358 e. The molecule has 1 aromatic carbocycles. The number of nitrogens with zero attached hydrogens (tertiary/aromatic N) is 3. The van der Waals surface area contributed by atoms with E-state index in [0.717, 1.165) is 17.4 Å². The minimum absolute atomic E-state index is 0.0445. The van der Waals surface area contributed by atoms with Crippen molar-refractivity contribution in [3.63, 3.8) is 0 Å². The molecule has 5 heteroatoms. The summed E-state index contributed by atoms with van der Waals surface area (Å²) >= 11 is 0. The molecule has 0 aliphatic heterocycles. The second kappa shape index (κ2) is 5.31. The van der Waals surface area contributed by atoms with Crippen molar-refractivity contribution in [2.24, 2.45) is 5.92 Å². The van der Waals surface area contributed by atoms with E-state index < -0.39 is 5.97 Å². The molecule has 0 radical (unpaired) electrons. The van der Waals surface area contributed by atoms with Crippen LogP contribution in [0.4, 0.5) is 5.69 Å². The Bertz CT molecular complexity index is 680. The fourth-order valence-corrected chi connectivity index (χ4v) is 2.61. The molecule has 0 spiro atoms. The fraction of sp³-hybridized carbons (Fsp3) is 0.438. The van der Waals surface area contributed by atoms with E-state index in [2.05, 4.69) is 28.9 Å². The van der Waals surface area contributed by atoms with Crippen LogP contribution in [0.3, 0.4) is 0 Å². The minimum atomic E-state index is -1.02. The van der Waals surface area contributed by atoms with E-state index in [-0.39, 0.29) is 11.7 Å². The van der Waals surface area contributed by atoms with Gasteiger partial charge < -0.3 is 10.0 Å². The summed E-state index contributed by atoms with van der Waals surface area (Å²) in [6.07, 6.45) is 2.45. The van der Waals surface area contributed by atoms with Crippen LogP contribution in [0.1, 0.15) is 37.2 Å². The first-order valence-corrected chi connectivity index (χ1v) is 7.33. The summed E-state index contributed by atoms with van der Waals surface area (Å²) in [6.45, 7) is 5.06. The summed E-state index contributed by atoms with van der Waals surface area (Å²) in [4.78, 5) is 13.7. The normalized spacial score (nSPS) is 14.6. The van der Waals surface area contributed by atoms with Crippen molar-refractivity contribution in [3.8, 4) is 0 Å². The van der Waals surface area contributed by atoms with Gasteiger partial charge in [-0.25, -0.2) is 4.79 Å². The van der Waals surface area contributed by atoms with E-state index in [4.69, 9.17) is 0 Å². The molecule has 21 heavy (non-hydrogen) atoms. The molecule has 0 saturated heterocycles. The predicted octanol–water partition coefficient (Wildman–Crippen LogP) is 2.95. The summed E-state index contributed by atoms with van der Waals surface area (Å²) < 4.78 is 0. The average Bonchev–Trinajstić information content (AvgIpc) is 3.27. The van der Waals surface area contributed by atoms with Crippen LogP contribution in [0.5, 0.6) is 0 Å². The summed E-state index contributed by atoms with van der Waals surface area (Å²) in [7, 11) is 0. The number of carboxylic acids is 1. The van der Waals surface area contributed by atoms with Crippen molar-refractivity contribution in [3.05, 3.63) is 30.0 Å². The number of benzene rings is 1. The van der Waals surface area contributed by atoms with E-state index in [0.29, 0.717) is 11.6 Å². The van der Waals surface area contributed by atoms with Gasteiger partial charge in [0.15, 0.2) is 5.69 Å². The van der Waals surface area contributed by atoms with Gasteiger partial charge in [0.2, 0.25) is 0 Å². The van der Waals surface area contributed by atoms with Crippen LogP contribution in [0.2, 0.25) is 0 Å². The highest BCUT2D eigenvalue weighted by molar-refractivity contribution is 6.02. The van der Waals surface area contributed by atoms with Crippen molar-refractivity contribution >= 4 is 22.6 Å². The third-order valence-electron chi connectivity index (χ3n) is 3.91. The Labute approximate surface area is 123 Å². The second-order valence-corrected chi connectivity index (χ2v) is 5.91. The topological polar surface area (TPSA) is 66.3 Å². The zero-order valence-corrected chi connectivity index (χ0v) is 12.3. The zero-order chi connectivity index (χ0) is 15.0. The molecule has 1 aromatic heterocycles. The van der Waals surface area contributed by atoms with Gasteiger partial charge in [-0.15, -0.1) is 10.2 Å². The summed E-state index contributed by atoms with van der Waals surface area (Å²) in [5, 5.41) is 18.3. The van der Waals surface area contributed by atoms with Crippen molar-refractivity contribution in [2.75, 3.05) is 11.4 Å². The standard InChI is InChI=1S/C16H19N3O2/c1-10(2)19(9-11-7-8-11)15-12-5-3-4-6-13(12)17-18-14(15)16(20)21/h3-6,10-11H,7-9H2,1-2H3,(H,20,21). The van der Waals surface area contributed by atoms with Crippen LogP contribution in [0.15, 0.2) is 24.3 Å². The summed E-state index contributed by atoms with van der Waals surface area (Å²) in [5.74, 6) is -0.356. The van der Waals surface area contributed by atoms with Crippen LogP contribution in [-0.2, 0) is 0 Å². The maximum atomic E-state index is 11.6. The molecule has 0 atom stereocenters. The van der Waals surface area contributed by atoms with E-state index in [1.54, 1.807) is 0 Å². The number of hydrogen-bond acceptors (Lipinski definition) is 4. The maximum absolute atomic E-state index is 11.6. The Morgan fingerprint density at radius 2 is 2.05 bits per heavy atom. The highest BCUT2D eigenvalue weighted by atomic mass is 16.4. The lowest BCUT2D eigenvalue weighted by atomic mass is 10.1. The SMILES string of the molecule is CC(C)N(CC1CC1)c1c(C(=O)O)nnc2ccccc12. The number of anilines is 1. The molecule has 1 fully saturated rings. The second-order valence-electron chi connectivity index (χ2n) is 5.91. The Morgan fingerprint density at radius 1 is 1.33 bits per heavy atom. The monoisotopic (exact) mass is 285 g/mol. The molecule has 1 saturated carbocycles. The fourth-order valence-electron chi connectivity index (χ4n) is 2.61. The summed E-state index contributed by atoms with van der Waals surface area (Å²) in [6, 6.07) is 7.81. The Kier molecular flexibility index (Phi) is 3.49. The number of fused-ring (bicyclic) bond motifs is 1. The van der Waals surface area contributed by atoms with Gasteiger partial charge in [-0.3, -0.25) is 0 Å². The van der Waals surface area contributed by atoms with Gasteiger partial charge in [0.25, 0.3) is 0 Å². The van der Waals surface area contributed by atoms with Crippen molar-refractivity contribution in [1.29, 1.82) is 0 Å². The first kappa shape index (κ1) is 13.8. The van der Waals surface area contributed by atoms with Crippen LogP contribution in [-0.4, -0.2) is 33.9 Å². The van der Waals surface area contributed by atoms with Gasteiger partial charge >= 0.3 is 5.97 Å². The molecule has 5 nitrogen and oxygen atoms in total. The van der Waals surface area contributed by atoms with Crippen LogP contribution in [0.25, 0.3) is 10.9 Å². The van der Waals surface area contributed by atoms with Crippen LogP contribution >= 0.6 is 0 Å². The Balaban J connectivity index is 2.20. The molecule has 1 aliphatic rings. The van der Waals surface area contributed by atoms with Gasteiger partial charge in [0.05, 0.1) is 11.2 Å². The number of carboxylic acid groups (broad SMARTS) is 1. The lowest BCUT2D eigenvalue weighted by Gasteiger charge is -2.30. The molecule has 2 aromatic rings. The van der Waals surface area contributed by atoms with E-state index >= 15 is 0 Å². The van der Waals surface area contributed by atoms with Crippen LogP contribution < -0.4 is 4.90 Å². The number of hydrogen-bond donors (Lipinski definition) is 1. The zero-order valence-electron chi connectivity index (χ0n) is 12.3. The minimum Gasteiger partial charge on any atom is -0.476 e. The van der Waals surface area contributed by atoms with Gasteiger partial charge in [-0.05, 0) is 38.7 Å². The third-order valence-corrected chi connectivity index (χ3v) is 3.91. The quantitative estimate of drug-likeness (QED) is 0.915. The molecule has 110 valence electrons. The van der Waals surface area contributed by atoms with E-state index in [1.165, 1.54) is 12.8 Å². The first-order chi connectivity index (χ1) is 10.1. The first-order valence-electron chi connectivity index (χ1n) is 7.33. The van der Waals surface area contributed by atoms with E-state index in [1.807, 2.05) is 24.3 Å². The number of carbonyl (C=O) groups is 1. The highest BCUT2D eigenvalue weighted by Gasteiger charge is 2.29. The van der Waals surface area contributed by atoms with E-state index in [9.17, 15) is 9.90 Å². The predicted molar refractivity (Wildman–Crippen MR) is 81.7 cm³/mol. The van der Waals surface area contributed by atoms with Crippen LogP contribution in [0, 0.1) is 5.92 Å². The Morgan fingerprint density at radius 3 is 2.67 bits per heavy atom. The molecular formula is C16H19N3O2. The molecule has 1 aliphatic carbocycles. The van der Waals surface area contributed by atoms with Crippen molar-refractivity contribution < 1.29 is 9.90 Å².